The SMILES string of the molecule is CC1(C)COCCN1CC=CCN1CCN(C(=O)c2cc(C(F)(F)F)cc(C(F)(F)F)c2)[C@H](Cc2c[nH]c3ccccc23)C1.Cl.Cl. The molecule has 1 atom stereocenters. The van der Waals surface area contributed by atoms with Gasteiger partial charge in [-0.15, -0.1) is 24.8 Å². The van der Waals surface area contributed by atoms with Gasteiger partial charge in [-0.25, -0.2) is 0 Å². The normalized spacial score (nSPS) is 19.7. The van der Waals surface area contributed by atoms with Gasteiger partial charge in [-0.1, -0.05) is 30.4 Å². The molecule has 6 nitrogen and oxygen atoms in total. The lowest BCUT2D eigenvalue weighted by Gasteiger charge is -2.42. The first-order valence-corrected chi connectivity index (χ1v) is 14.6. The Morgan fingerprint density at radius 3 is 2.26 bits per heavy atom. The van der Waals surface area contributed by atoms with Crippen molar-refractivity contribution < 1.29 is 35.9 Å². The molecule has 2 saturated heterocycles. The van der Waals surface area contributed by atoms with Crippen molar-refractivity contribution in [3.8, 4) is 0 Å². The monoisotopic (exact) mass is 694 g/mol. The number of hydrogen-bond acceptors (Lipinski definition) is 4. The molecule has 254 valence electrons. The summed E-state index contributed by atoms with van der Waals surface area (Å²) in [6.45, 7) is 8.77. The summed E-state index contributed by atoms with van der Waals surface area (Å²) in [5.74, 6) is -0.851. The molecule has 2 fully saturated rings. The van der Waals surface area contributed by atoms with E-state index in [-0.39, 0.29) is 43.0 Å². The fourth-order valence-electron chi connectivity index (χ4n) is 5.98. The summed E-state index contributed by atoms with van der Waals surface area (Å²) in [5, 5.41) is 0.948. The summed E-state index contributed by atoms with van der Waals surface area (Å²) < 4.78 is 87.0. The Morgan fingerprint density at radius 1 is 0.957 bits per heavy atom. The van der Waals surface area contributed by atoms with Gasteiger partial charge in [-0.2, -0.15) is 26.3 Å². The Labute approximate surface area is 276 Å². The van der Waals surface area contributed by atoms with E-state index >= 15 is 0 Å². The molecule has 46 heavy (non-hydrogen) atoms. The summed E-state index contributed by atoms with van der Waals surface area (Å²) in [6.07, 6.45) is -3.71. The zero-order valence-electron chi connectivity index (χ0n) is 25.5. The number of carbonyl (C=O) groups is 1. The first kappa shape index (κ1) is 37.7. The summed E-state index contributed by atoms with van der Waals surface area (Å²) in [4.78, 5) is 22.8. The number of H-pyrrole nitrogens is 1. The van der Waals surface area contributed by atoms with Gasteiger partial charge in [0.2, 0.25) is 0 Å². The maximum atomic E-state index is 13.7. The molecule has 0 aliphatic carbocycles. The van der Waals surface area contributed by atoms with Crippen molar-refractivity contribution in [3.63, 3.8) is 0 Å². The predicted molar refractivity (Wildman–Crippen MR) is 170 cm³/mol. The minimum absolute atomic E-state index is 0. The van der Waals surface area contributed by atoms with Crippen LogP contribution < -0.4 is 0 Å². The van der Waals surface area contributed by atoms with E-state index in [0.29, 0.717) is 51.4 Å². The quantitative estimate of drug-likeness (QED) is 0.212. The standard InChI is InChI=1S/C32H36F6N4O2.2ClH/c1-30(2)21-44-14-13-41(30)10-6-5-9-40-11-12-42(26(20-40)17-23-19-39-28-8-4-3-7-27(23)28)29(43)22-15-24(31(33,34)35)18-25(16-22)32(36,37)38;;/h3-8,15-16,18-19,26,39H,9-14,17,20-21H2,1-2H3;2*1H/t26-;;/m1../s1. The van der Waals surface area contributed by atoms with Crippen LogP contribution in [0.1, 0.15) is 40.9 Å². The number of nitrogens with one attached hydrogen (secondary N) is 1. The second-order valence-electron chi connectivity index (χ2n) is 12.1. The molecule has 0 saturated carbocycles. The highest BCUT2D eigenvalue weighted by Crippen LogP contribution is 2.37. The topological polar surface area (TPSA) is 51.8 Å². The van der Waals surface area contributed by atoms with Gasteiger partial charge in [0.15, 0.2) is 0 Å². The van der Waals surface area contributed by atoms with Crippen molar-refractivity contribution in [1.82, 2.24) is 19.7 Å². The highest BCUT2D eigenvalue weighted by molar-refractivity contribution is 5.95. The molecule has 1 N–H and O–H groups in total. The number of aromatic nitrogens is 1. The molecule has 2 aromatic carbocycles. The van der Waals surface area contributed by atoms with Crippen molar-refractivity contribution in [1.29, 1.82) is 0 Å². The van der Waals surface area contributed by atoms with Gasteiger partial charge < -0.3 is 14.6 Å². The van der Waals surface area contributed by atoms with Gasteiger partial charge in [0.25, 0.3) is 5.91 Å². The Bertz CT molecular complexity index is 1480. The third kappa shape index (κ3) is 8.77. The van der Waals surface area contributed by atoms with Crippen LogP contribution in [0.3, 0.4) is 0 Å². The van der Waals surface area contributed by atoms with E-state index in [0.717, 1.165) is 29.6 Å². The molecular weight excluding hydrogens is 657 g/mol. The van der Waals surface area contributed by atoms with Crippen molar-refractivity contribution >= 4 is 41.6 Å². The van der Waals surface area contributed by atoms with Crippen LogP contribution in [0.2, 0.25) is 0 Å². The third-order valence-corrected chi connectivity index (χ3v) is 8.47. The Hall–Kier alpha value is -2.77. The third-order valence-electron chi connectivity index (χ3n) is 8.47. The van der Waals surface area contributed by atoms with E-state index in [2.05, 4.69) is 40.8 Å². The second-order valence-corrected chi connectivity index (χ2v) is 12.1. The van der Waals surface area contributed by atoms with Crippen molar-refractivity contribution in [2.75, 3.05) is 52.5 Å². The van der Waals surface area contributed by atoms with Gasteiger partial charge >= 0.3 is 12.4 Å². The maximum absolute atomic E-state index is 13.7. The fourth-order valence-corrected chi connectivity index (χ4v) is 5.98. The zero-order valence-corrected chi connectivity index (χ0v) is 27.1. The second kappa shape index (κ2) is 15.0. The lowest BCUT2D eigenvalue weighted by molar-refractivity contribution is -0.143. The number of alkyl halides is 6. The summed E-state index contributed by atoms with van der Waals surface area (Å²) in [5.41, 5.74) is -1.90. The minimum atomic E-state index is -5.04. The van der Waals surface area contributed by atoms with E-state index in [9.17, 15) is 31.1 Å². The molecule has 0 spiro atoms. The maximum Gasteiger partial charge on any atom is 0.416 e. The van der Waals surface area contributed by atoms with Gasteiger partial charge in [0, 0.05) is 73.5 Å². The first-order chi connectivity index (χ1) is 20.7. The molecule has 2 aliphatic rings. The largest absolute Gasteiger partial charge is 0.416 e. The number of morpholine rings is 1. The number of nitrogens with zero attached hydrogens (tertiary/aromatic N) is 3. The first-order valence-electron chi connectivity index (χ1n) is 14.6. The van der Waals surface area contributed by atoms with Crippen LogP contribution in [0.4, 0.5) is 26.3 Å². The van der Waals surface area contributed by atoms with Crippen molar-refractivity contribution in [3.05, 3.63) is 83.1 Å². The molecule has 0 radical (unpaired) electrons. The minimum Gasteiger partial charge on any atom is -0.378 e. The molecule has 14 heteroatoms. The number of aromatic amines is 1. The zero-order chi connectivity index (χ0) is 31.7. The number of amides is 1. The van der Waals surface area contributed by atoms with Gasteiger partial charge in [-0.05, 0) is 50.1 Å². The molecular formula is C32H38Cl2F6N4O2. The average Bonchev–Trinajstić information content (AvgIpc) is 3.37. The Balaban J connectivity index is 0.00000288. The van der Waals surface area contributed by atoms with Crippen LogP contribution in [-0.4, -0.2) is 89.7 Å². The van der Waals surface area contributed by atoms with Crippen LogP contribution in [0, 0.1) is 0 Å². The highest BCUT2D eigenvalue weighted by atomic mass is 35.5. The summed E-state index contributed by atoms with van der Waals surface area (Å²) >= 11 is 0. The van der Waals surface area contributed by atoms with Crippen LogP contribution >= 0.6 is 24.8 Å². The lowest BCUT2D eigenvalue weighted by Crippen LogP contribution is -2.56. The number of halogens is 8. The number of hydrogen-bond donors (Lipinski definition) is 1. The van der Waals surface area contributed by atoms with E-state index in [1.54, 1.807) is 0 Å². The van der Waals surface area contributed by atoms with Crippen LogP contribution in [0.25, 0.3) is 10.9 Å². The molecule has 1 aromatic heterocycles. The molecule has 3 aromatic rings. The van der Waals surface area contributed by atoms with Crippen LogP contribution in [0.5, 0.6) is 0 Å². The number of ether oxygens (including phenoxy) is 1. The predicted octanol–water partition coefficient (Wildman–Crippen LogP) is 7.09. The molecule has 3 heterocycles. The van der Waals surface area contributed by atoms with Gasteiger partial charge in [0.05, 0.1) is 24.3 Å². The van der Waals surface area contributed by atoms with E-state index in [1.165, 1.54) is 4.90 Å². The average molecular weight is 696 g/mol. The van der Waals surface area contributed by atoms with Crippen molar-refractivity contribution in [2.45, 2.75) is 44.2 Å². The summed E-state index contributed by atoms with van der Waals surface area (Å²) in [7, 11) is 0. The number of carbonyl (C=O) groups excluding carboxylic acids is 1. The lowest BCUT2D eigenvalue weighted by atomic mass is 9.98. The van der Waals surface area contributed by atoms with E-state index in [4.69, 9.17) is 4.74 Å². The molecule has 0 unspecified atom stereocenters. The van der Waals surface area contributed by atoms with Crippen LogP contribution in [0.15, 0.2) is 60.8 Å². The highest BCUT2D eigenvalue weighted by Gasteiger charge is 2.39. The van der Waals surface area contributed by atoms with Crippen LogP contribution in [-0.2, 0) is 23.5 Å². The Morgan fingerprint density at radius 2 is 1.61 bits per heavy atom. The van der Waals surface area contributed by atoms with Crippen molar-refractivity contribution in [2.24, 2.45) is 0 Å². The molecule has 1 amide bonds. The molecule has 2 aliphatic heterocycles. The van der Waals surface area contributed by atoms with Gasteiger partial charge in [-0.3, -0.25) is 14.6 Å². The number of benzene rings is 2. The van der Waals surface area contributed by atoms with Gasteiger partial charge in [0.1, 0.15) is 0 Å². The summed E-state index contributed by atoms with van der Waals surface area (Å²) in [6, 6.07) is 8.22. The molecule has 0 bridgehead atoms. The number of para-hydroxylation sites is 1. The number of fused-ring (bicyclic) bond motifs is 1. The number of piperazine rings is 1. The van der Waals surface area contributed by atoms with E-state index < -0.39 is 41.0 Å². The fraction of sp³-hybridized carbons (Fsp3) is 0.469. The van der Waals surface area contributed by atoms with E-state index in [1.807, 2.05) is 30.5 Å². The smallest absolute Gasteiger partial charge is 0.378 e. The molecule has 5 rings (SSSR count). The Kier molecular flexibility index (Phi) is 12.3. The number of rotatable bonds is 7.